The van der Waals surface area contributed by atoms with Crippen LogP contribution in [0.2, 0.25) is 0 Å². The van der Waals surface area contributed by atoms with Crippen LogP contribution in [0.1, 0.15) is 48.4 Å². The van der Waals surface area contributed by atoms with E-state index >= 15 is 0 Å². The van der Waals surface area contributed by atoms with Crippen molar-refractivity contribution in [2.75, 3.05) is 6.54 Å². The molecule has 2 rings (SSSR count). The summed E-state index contributed by atoms with van der Waals surface area (Å²) in [6.45, 7) is 10.5. The Morgan fingerprint density at radius 1 is 1.05 bits per heavy atom. The van der Waals surface area contributed by atoms with Gasteiger partial charge in [-0.25, -0.2) is 8.42 Å². The van der Waals surface area contributed by atoms with Crippen LogP contribution in [-0.2, 0) is 10.0 Å². The van der Waals surface area contributed by atoms with Gasteiger partial charge in [0.25, 0.3) is 0 Å². The minimum Gasteiger partial charge on any atom is -0.207 e. The van der Waals surface area contributed by atoms with Crippen LogP contribution in [0.3, 0.4) is 0 Å². The molecule has 0 aliphatic carbocycles. The third-order valence-electron chi connectivity index (χ3n) is 4.61. The Hall–Kier alpha value is -0.870. The summed E-state index contributed by atoms with van der Waals surface area (Å²) in [7, 11) is -3.38. The SMILES string of the molecule is Cc1cc(C)c(C)c(S(=O)(=O)N2CCCC[C@@H]2C)c1C. The van der Waals surface area contributed by atoms with Gasteiger partial charge in [0.2, 0.25) is 10.0 Å². The fourth-order valence-corrected chi connectivity index (χ4v) is 5.39. The van der Waals surface area contributed by atoms with Gasteiger partial charge in [0.1, 0.15) is 0 Å². The highest BCUT2D eigenvalue weighted by molar-refractivity contribution is 7.89. The molecule has 1 aromatic carbocycles. The molecule has 0 unspecified atom stereocenters. The summed E-state index contributed by atoms with van der Waals surface area (Å²) in [5.74, 6) is 0. The van der Waals surface area contributed by atoms with Crippen LogP contribution in [0.4, 0.5) is 0 Å². The molecule has 0 amide bonds. The van der Waals surface area contributed by atoms with Crippen molar-refractivity contribution in [3.63, 3.8) is 0 Å². The zero-order valence-corrected chi connectivity index (χ0v) is 14.0. The van der Waals surface area contributed by atoms with E-state index in [9.17, 15) is 8.42 Å². The van der Waals surface area contributed by atoms with Crippen LogP contribution < -0.4 is 0 Å². The molecule has 4 heteroatoms. The lowest BCUT2D eigenvalue weighted by atomic mass is 10.0. The van der Waals surface area contributed by atoms with E-state index in [0.29, 0.717) is 11.4 Å². The van der Waals surface area contributed by atoms with Gasteiger partial charge in [-0.3, -0.25) is 0 Å². The van der Waals surface area contributed by atoms with Crippen LogP contribution >= 0.6 is 0 Å². The summed E-state index contributed by atoms with van der Waals surface area (Å²) in [5.41, 5.74) is 3.89. The van der Waals surface area contributed by atoms with Gasteiger partial charge in [0.15, 0.2) is 0 Å². The molecule has 1 aliphatic heterocycles. The van der Waals surface area contributed by atoms with E-state index in [1.54, 1.807) is 4.31 Å². The number of benzene rings is 1. The Morgan fingerprint density at radius 3 is 2.10 bits per heavy atom. The molecule has 0 bridgehead atoms. The zero-order chi connectivity index (χ0) is 15.1. The minimum atomic E-state index is -3.38. The van der Waals surface area contributed by atoms with Crippen molar-refractivity contribution in [3.8, 4) is 0 Å². The van der Waals surface area contributed by atoms with Crippen LogP contribution in [0, 0.1) is 27.7 Å². The molecule has 112 valence electrons. The highest BCUT2D eigenvalue weighted by Gasteiger charge is 2.33. The molecule has 3 nitrogen and oxygen atoms in total. The molecule has 1 heterocycles. The molecule has 0 radical (unpaired) electrons. The molecule has 1 aromatic rings. The Bertz CT molecular complexity index is 594. The number of aryl methyl sites for hydroxylation is 2. The third-order valence-corrected chi connectivity index (χ3v) is 6.89. The van der Waals surface area contributed by atoms with Gasteiger partial charge in [-0.05, 0) is 69.7 Å². The van der Waals surface area contributed by atoms with Crippen molar-refractivity contribution < 1.29 is 8.42 Å². The minimum absolute atomic E-state index is 0.105. The van der Waals surface area contributed by atoms with E-state index in [1.165, 1.54) is 0 Å². The van der Waals surface area contributed by atoms with Crippen molar-refractivity contribution >= 4 is 10.0 Å². The molecule has 20 heavy (non-hydrogen) atoms. The van der Waals surface area contributed by atoms with Gasteiger partial charge < -0.3 is 0 Å². The van der Waals surface area contributed by atoms with Gasteiger partial charge in [0.05, 0.1) is 4.90 Å². The van der Waals surface area contributed by atoms with E-state index in [0.717, 1.165) is 41.5 Å². The lowest BCUT2D eigenvalue weighted by Crippen LogP contribution is -2.42. The molecular formula is C16H25NO2S. The van der Waals surface area contributed by atoms with E-state index in [2.05, 4.69) is 6.07 Å². The maximum Gasteiger partial charge on any atom is 0.243 e. The number of piperidine rings is 1. The topological polar surface area (TPSA) is 37.4 Å². The van der Waals surface area contributed by atoms with Gasteiger partial charge in [-0.15, -0.1) is 0 Å². The van der Waals surface area contributed by atoms with Crippen molar-refractivity contribution in [1.29, 1.82) is 0 Å². The van der Waals surface area contributed by atoms with E-state index in [1.807, 2.05) is 34.6 Å². The lowest BCUT2D eigenvalue weighted by Gasteiger charge is -2.33. The largest absolute Gasteiger partial charge is 0.243 e. The molecule has 0 saturated carbocycles. The Balaban J connectivity index is 2.60. The molecule has 1 saturated heterocycles. The maximum absolute atomic E-state index is 13.1. The maximum atomic E-state index is 13.1. The number of sulfonamides is 1. The monoisotopic (exact) mass is 295 g/mol. The number of hydrogen-bond donors (Lipinski definition) is 0. The molecule has 0 spiro atoms. The van der Waals surface area contributed by atoms with Crippen LogP contribution in [0.25, 0.3) is 0 Å². The number of rotatable bonds is 2. The van der Waals surface area contributed by atoms with Crippen molar-refractivity contribution in [2.24, 2.45) is 0 Å². The first-order valence-corrected chi connectivity index (χ1v) is 8.80. The van der Waals surface area contributed by atoms with Gasteiger partial charge in [0, 0.05) is 12.6 Å². The number of hydrogen-bond acceptors (Lipinski definition) is 2. The first kappa shape index (κ1) is 15.5. The van der Waals surface area contributed by atoms with Gasteiger partial charge in [-0.2, -0.15) is 4.31 Å². The molecule has 1 atom stereocenters. The van der Waals surface area contributed by atoms with Crippen molar-refractivity contribution in [1.82, 2.24) is 4.31 Å². The van der Waals surface area contributed by atoms with Crippen LogP contribution in [0.15, 0.2) is 11.0 Å². The second kappa shape index (κ2) is 5.49. The zero-order valence-electron chi connectivity index (χ0n) is 13.2. The lowest BCUT2D eigenvalue weighted by molar-refractivity contribution is 0.268. The van der Waals surface area contributed by atoms with E-state index in [-0.39, 0.29) is 6.04 Å². The summed E-state index contributed by atoms with van der Waals surface area (Å²) < 4.78 is 27.8. The Morgan fingerprint density at radius 2 is 1.60 bits per heavy atom. The average molecular weight is 295 g/mol. The molecule has 0 N–H and O–H groups in total. The molecule has 1 fully saturated rings. The summed E-state index contributed by atoms with van der Waals surface area (Å²) in [4.78, 5) is 0.531. The highest BCUT2D eigenvalue weighted by Crippen LogP contribution is 2.31. The first-order valence-electron chi connectivity index (χ1n) is 7.36. The molecule has 0 aromatic heterocycles. The molecule has 1 aliphatic rings. The summed E-state index contributed by atoms with van der Waals surface area (Å²) in [5, 5.41) is 0. The van der Waals surface area contributed by atoms with E-state index < -0.39 is 10.0 Å². The summed E-state index contributed by atoms with van der Waals surface area (Å²) in [6.07, 6.45) is 3.05. The van der Waals surface area contributed by atoms with Crippen LogP contribution in [-0.4, -0.2) is 25.3 Å². The summed E-state index contributed by atoms with van der Waals surface area (Å²) in [6, 6.07) is 2.18. The third kappa shape index (κ3) is 2.51. The smallest absolute Gasteiger partial charge is 0.207 e. The average Bonchev–Trinajstić information content (AvgIpc) is 2.36. The second-order valence-corrected chi connectivity index (χ2v) is 7.88. The van der Waals surface area contributed by atoms with E-state index in [4.69, 9.17) is 0 Å². The van der Waals surface area contributed by atoms with Gasteiger partial charge >= 0.3 is 0 Å². The Labute approximate surface area is 123 Å². The fourth-order valence-electron chi connectivity index (χ4n) is 3.11. The van der Waals surface area contributed by atoms with Crippen molar-refractivity contribution in [3.05, 3.63) is 28.3 Å². The predicted octanol–water partition coefficient (Wildman–Crippen LogP) is 3.48. The normalized spacial score (nSPS) is 21.1. The predicted molar refractivity (Wildman–Crippen MR) is 82.6 cm³/mol. The number of nitrogens with zero attached hydrogens (tertiary/aromatic N) is 1. The van der Waals surface area contributed by atoms with Crippen molar-refractivity contribution in [2.45, 2.75) is 64.8 Å². The summed E-state index contributed by atoms with van der Waals surface area (Å²) >= 11 is 0. The Kier molecular flexibility index (Phi) is 4.26. The second-order valence-electron chi connectivity index (χ2n) is 6.05. The first-order chi connectivity index (χ1) is 9.26. The molecular weight excluding hydrogens is 270 g/mol. The quantitative estimate of drug-likeness (QED) is 0.837. The highest BCUT2D eigenvalue weighted by atomic mass is 32.2. The van der Waals surface area contributed by atoms with Crippen LogP contribution in [0.5, 0.6) is 0 Å². The standard InChI is InChI=1S/C16H25NO2S/c1-11-10-12(2)15(5)16(14(11)4)20(18,19)17-9-7-6-8-13(17)3/h10,13H,6-9H2,1-5H3/t13-/m0/s1. The van der Waals surface area contributed by atoms with Gasteiger partial charge in [-0.1, -0.05) is 12.5 Å². The fraction of sp³-hybridized carbons (Fsp3) is 0.625.